The monoisotopic (exact) mass is 378 g/mol. The van der Waals surface area contributed by atoms with Gasteiger partial charge in [0.15, 0.2) is 0 Å². The topological polar surface area (TPSA) is 109 Å². The number of piperidine rings is 1. The van der Waals surface area contributed by atoms with Crippen LogP contribution in [0, 0.1) is 5.92 Å². The molecule has 1 aromatic heterocycles. The Labute approximate surface area is 157 Å². The molecule has 2 atom stereocenters. The zero-order valence-corrected chi connectivity index (χ0v) is 15.5. The van der Waals surface area contributed by atoms with Crippen LogP contribution in [-0.2, 0) is 25.7 Å². The average Bonchev–Trinajstić information content (AvgIpc) is 2.62. The number of amides is 2. The van der Waals surface area contributed by atoms with Gasteiger partial charge in [0.25, 0.3) is 11.1 Å². The van der Waals surface area contributed by atoms with E-state index in [1.807, 2.05) is 19.9 Å². The number of ether oxygens (including phenoxy) is 1. The van der Waals surface area contributed by atoms with Gasteiger partial charge >= 0.3 is 0 Å². The van der Waals surface area contributed by atoms with Gasteiger partial charge < -0.3 is 20.7 Å². The van der Waals surface area contributed by atoms with E-state index >= 15 is 0 Å². The first-order valence-electron chi connectivity index (χ1n) is 8.34. The van der Waals surface area contributed by atoms with Gasteiger partial charge in [0.05, 0.1) is 11.7 Å². The Bertz CT molecular complexity index is 681. The smallest absolute Gasteiger partial charge is 0.289 e. The summed E-state index contributed by atoms with van der Waals surface area (Å²) in [7, 11) is 0. The molecule has 0 aromatic carbocycles. The van der Waals surface area contributed by atoms with Crippen molar-refractivity contribution in [2.24, 2.45) is 5.92 Å². The molecule has 140 valence electrons. The Morgan fingerprint density at radius 3 is 2.85 bits per heavy atom. The number of hydrogen-bond acceptors (Lipinski definition) is 6. The van der Waals surface area contributed by atoms with Gasteiger partial charge in [-0.25, -0.2) is 0 Å². The van der Waals surface area contributed by atoms with Crippen molar-refractivity contribution in [1.29, 1.82) is 0 Å². The van der Waals surface area contributed by atoms with Crippen LogP contribution in [0.2, 0.25) is 0 Å². The third kappa shape index (κ3) is 5.48. The number of hydrogen-bond donors (Lipinski definition) is 3. The SMILES string of the molecule is CC(C)C(NC(=S)OCc1ccccn1)C(=O)NC1CCNC(=O)C1=O. The van der Waals surface area contributed by atoms with Gasteiger partial charge in [0.1, 0.15) is 12.6 Å². The van der Waals surface area contributed by atoms with E-state index in [2.05, 4.69) is 20.9 Å². The highest BCUT2D eigenvalue weighted by atomic mass is 32.1. The Hall–Kier alpha value is -2.55. The number of carbonyl (C=O) groups excluding carboxylic acids is 3. The molecule has 2 rings (SSSR count). The molecule has 2 unspecified atom stereocenters. The predicted molar refractivity (Wildman–Crippen MR) is 98.0 cm³/mol. The van der Waals surface area contributed by atoms with Crippen molar-refractivity contribution in [2.75, 3.05) is 6.54 Å². The number of Topliss-reactive ketones (excluding diaryl/α,β-unsaturated/α-hetero) is 1. The number of pyridine rings is 1. The highest BCUT2D eigenvalue weighted by molar-refractivity contribution is 7.80. The first-order chi connectivity index (χ1) is 12.4. The van der Waals surface area contributed by atoms with Crippen LogP contribution >= 0.6 is 12.2 Å². The number of carbonyl (C=O) groups is 3. The third-order valence-corrected chi connectivity index (χ3v) is 4.11. The summed E-state index contributed by atoms with van der Waals surface area (Å²) >= 11 is 5.14. The summed E-state index contributed by atoms with van der Waals surface area (Å²) in [5, 5.41) is 8.00. The number of rotatable bonds is 6. The molecule has 0 spiro atoms. The Balaban J connectivity index is 1.90. The van der Waals surface area contributed by atoms with Crippen LogP contribution in [0.4, 0.5) is 0 Å². The molecule has 9 heteroatoms. The highest BCUT2D eigenvalue weighted by Crippen LogP contribution is 2.06. The van der Waals surface area contributed by atoms with Gasteiger partial charge in [-0.05, 0) is 36.7 Å². The predicted octanol–water partition coefficient (Wildman–Crippen LogP) is 0.0711. The fraction of sp³-hybridized carbons (Fsp3) is 0.471. The number of aromatic nitrogens is 1. The molecule has 0 bridgehead atoms. The summed E-state index contributed by atoms with van der Waals surface area (Å²) in [5.41, 5.74) is 0.709. The Morgan fingerprint density at radius 1 is 1.42 bits per heavy atom. The minimum Gasteiger partial charge on any atom is -0.465 e. The first-order valence-corrected chi connectivity index (χ1v) is 8.75. The number of nitrogens with zero attached hydrogens (tertiary/aromatic N) is 1. The highest BCUT2D eigenvalue weighted by Gasteiger charge is 2.33. The van der Waals surface area contributed by atoms with Gasteiger partial charge in [-0.3, -0.25) is 19.4 Å². The van der Waals surface area contributed by atoms with Crippen LogP contribution in [0.3, 0.4) is 0 Å². The fourth-order valence-electron chi connectivity index (χ4n) is 2.43. The second-order valence-corrected chi connectivity index (χ2v) is 6.60. The lowest BCUT2D eigenvalue weighted by Gasteiger charge is -2.27. The van der Waals surface area contributed by atoms with E-state index in [9.17, 15) is 14.4 Å². The van der Waals surface area contributed by atoms with Gasteiger partial charge in [-0.2, -0.15) is 0 Å². The second-order valence-electron chi connectivity index (χ2n) is 6.23. The van der Waals surface area contributed by atoms with Crippen LogP contribution in [0.1, 0.15) is 26.0 Å². The maximum Gasteiger partial charge on any atom is 0.289 e. The molecular weight excluding hydrogens is 356 g/mol. The van der Waals surface area contributed by atoms with Crippen LogP contribution in [0.5, 0.6) is 0 Å². The number of thiocarbonyl (C=S) groups is 1. The zero-order valence-electron chi connectivity index (χ0n) is 14.7. The van der Waals surface area contributed by atoms with Crippen LogP contribution < -0.4 is 16.0 Å². The number of nitrogens with one attached hydrogen (secondary N) is 3. The zero-order chi connectivity index (χ0) is 19.1. The van der Waals surface area contributed by atoms with Crippen LogP contribution in [0.25, 0.3) is 0 Å². The molecule has 3 N–H and O–H groups in total. The summed E-state index contributed by atoms with van der Waals surface area (Å²) in [5.74, 6) is -1.83. The summed E-state index contributed by atoms with van der Waals surface area (Å²) in [6.07, 6.45) is 2.01. The lowest BCUT2D eigenvalue weighted by Crippen LogP contribution is -2.58. The molecule has 0 aliphatic carbocycles. The summed E-state index contributed by atoms with van der Waals surface area (Å²) in [4.78, 5) is 39.9. The van der Waals surface area contributed by atoms with Crippen LogP contribution in [-0.4, -0.2) is 46.4 Å². The summed E-state index contributed by atoms with van der Waals surface area (Å²) in [6.45, 7) is 4.21. The fourth-order valence-corrected chi connectivity index (χ4v) is 2.62. The largest absolute Gasteiger partial charge is 0.465 e. The lowest BCUT2D eigenvalue weighted by atomic mass is 10.0. The second kappa shape index (κ2) is 9.23. The summed E-state index contributed by atoms with van der Waals surface area (Å²) < 4.78 is 5.43. The van der Waals surface area contributed by atoms with Crippen molar-refractivity contribution in [2.45, 2.75) is 39.0 Å². The molecule has 2 amide bonds. The van der Waals surface area contributed by atoms with Crippen molar-refractivity contribution < 1.29 is 19.1 Å². The van der Waals surface area contributed by atoms with Crippen molar-refractivity contribution in [3.63, 3.8) is 0 Å². The maximum absolute atomic E-state index is 12.5. The normalized spacial score (nSPS) is 18.0. The molecule has 1 aliphatic rings. The summed E-state index contributed by atoms with van der Waals surface area (Å²) in [6, 6.07) is 3.93. The molecule has 0 radical (unpaired) electrons. The molecular formula is C17H22N4O4S. The molecule has 1 saturated heterocycles. The van der Waals surface area contributed by atoms with Gasteiger partial charge in [-0.1, -0.05) is 19.9 Å². The minimum atomic E-state index is -0.817. The third-order valence-electron chi connectivity index (χ3n) is 3.88. The van der Waals surface area contributed by atoms with Crippen molar-refractivity contribution >= 4 is 35.0 Å². The Kier molecular flexibility index (Phi) is 7.02. The van der Waals surface area contributed by atoms with E-state index in [0.717, 1.165) is 0 Å². The molecule has 1 aliphatic heterocycles. The molecule has 1 aromatic rings. The van der Waals surface area contributed by atoms with Crippen LogP contribution in [0.15, 0.2) is 24.4 Å². The van der Waals surface area contributed by atoms with E-state index in [1.54, 1.807) is 18.3 Å². The number of ketones is 1. The molecule has 0 saturated carbocycles. The lowest BCUT2D eigenvalue weighted by molar-refractivity contribution is -0.142. The molecule has 1 fully saturated rings. The molecule has 26 heavy (non-hydrogen) atoms. The quantitative estimate of drug-likeness (QED) is 0.475. The molecule has 2 heterocycles. The maximum atomic E-state index is 12.5. The van der Waals surface area contributed by atoms with Gasteiger partial charge in [-0.15, -0.1) is 0 Å². The van der Waals surface area contributed by atoms with E-state index in [-0.39, 0.29) is 17.7 Å². The van der Waals surface area contributed by atoms with E-state index in [4.69, 9.17) is 17.0 Å². The van der Waals surface area contributed by atoms with Gasteiger partial charge in [0, 0.05) is 12.7 Å². The van der Waals surface area contributed by atoms with Gasteiger partial charge in [0.2, 0.25) is 11.7 Å². The van der Waals surface area contributed by atoms with E-state index < -0.39 is 29.7 Å². The average molecular weight is 378 g/mol. The first kappa shape index (κ1) is 19.8. The molecule has 8 nitrogen and oxygen atoms in total. The van der Waals surface area contributed by atoms with Crippen molar-refractivity contribution in [3.8, 4) is 0 Å². The standard InChI is InChI=1S/C17H22N4O4S/c1-10(2)13(15(23)20-12-6-8-19-16(24)14(12)22)21-17(26)25-9-11-5-3-4-7-18-11/h3-5,7,10,12-13H,6,8-9H2,1-2H3,(H,19,24)(H,20,23)(H,21,26). The van der Waals surface area contributed by atoms with E-state index in [1.165, 1.54) is 0 Å². The minimum absolute atomic E-state index is 0.0669. The Morgan fingerprint density at radius 2 is 2.19 bits per heavy atom. The van der Waals surface area contributed by atoms with Crippen molar-refractivity contribution in [3.05, 3.63) is 30.1 Å². The van der Waals surface area contributed by atoms with Crippen molar-refractivity contribution in [1.82, 2.24) is 20.9 Å². The van der Waals surface area contributed by atoms with E-state index in [0.29, 0.717) is 18.7 Å².